The van der Waals surface area contributed by atoms with Gasteiger partial charge in [-0.25, -0.2) is 4.39 Å². The van der Waals surface area contributed by atoms with Crippen molar-refractivity contribution in [2.45, 2.75) is 20.3 Å². The largest absolute Gasteiger partial charge is 0.352 e. The predicted octanol–water partition coefficient (Wildman–Crippen LogP) is 4.06. The van der Waals surface area contributed by atoms with E-state index in [4.69, 9.17) is 0 Å². The van der Waals surface area contributed by atoms with Crippen molar-refractivity contribution < 1.29 is 14.0 Å². The SMILES string of the molecule is Cc1cc(C)cc(NC(=O)c2cncc(C(=O)NCCc3ccccc3F)c2)c1. The zero-order chi connectivity index (χ0) is 20.8. The Morgan fingerprint density at radius 2 is 1.59 bits per heavy atom. The molecule has 1 heterocycles. The summed E-state index contributed by atoms with van der Waals surface area (Å²) in [4.78, 5) is 28.9. The number of aromatic nitrogens is 1. The van der Waals surface area contributed by atoms with Crippen LogP contribution in [0.15, 0.2) is 60.9 Å². The molecular formula is C23H22FN3O2. The summed E-state index contributed by atoms with van der Waals surface area (Å²) in [5, 5.41) is 5.55. The Morgan fingerprint density at radius 1 is 0.931 bits per heavy atom. The lowest BCUT2D eigenvalue weighted by Crippen LogP contribution is -2.26. The highest BCUT2D eigenvalue weighted by Gasteiger charge is 2.12. The van der Waals surface area contributed by atoms with E-state index in [9.17, 15) is 14.0 Å². The van der Waals surface area contributed by atoms with E-state index in [2.05, 4.69) is 15.6 Å². The van der Waals surface area contributed by atoms with E-state index in [1.165, 1.54) is 24.5 Å². The van der Waals surface area contributed by atoms with Gasteiger partial charge in [0.2, 0.25) is 0 Å². The van der Waals surface area contributed by atoms with Gasteiger partial charge in [0.25, 0.3) is 11.8 Å². The van der Waals surface area contributed by atoms with Crippen LogP contribution in [0.25, 0.3) is 0 Å². The second-order valence-corrected chi connectivity index (χ2v) is 6.89. The first-order valence-electron chi connectivity index (χ1n) is 9.28. The molecule has 3 aromatic rings. The highest BCUT2D eigenvalue weighted by atomic mass is 19.1. The van der Waals surface area contributed by atoms with Gasteiger partial charge in [-0.3, -0.25) is 14.6 Å². The zero-order valence-corrected chi connectivity index (χ0v) is 16.3. The Balaban J connectivity index is 1.62. The van der Waals surface area contributed by atoms with Gasteiger partial charge in [-0.15, -0.1) is 0 Å². The average molecular weight is 391 g/mol. The maximum atomic E-state index is 13.6. The summed E-state index contributed by atoms with van der Waals surface area (Å²) >= 11 is 0. The Hall–Kier alpha value is -3.54. The normalized spacial score (nSPS) is 10.4. The van der Waals surface area contributed by atoms with Crippen molar-refractivity contribution in [2.75, 3.05) is 11.9 Å². The van der Waals surface area contributed by atoms with Crippen LogP contribution in [0.5, 0.6) is 0 Å². The van der Waals surface area contributed by atoms with Gasteiger partial charge in [-0.1, -0.05) is 24.3 Å². The Bertz CT molecular complexity index is 1030. The molecule has 2 amide bonds. The average Bonchev–Trinajstić information content (AvgIpc) is 2.68. The quantitative estimate of drug-likeness (QED) is 0.666. The number of anilines is 1. The van der Waals surface area contributed by atoms with Crippen molar-refractivity contribution >= 4 is 17.5 Å². The number of hydrogen-bond acceptors (Lipinski definition) is 3. The maximum absolute atomic E-state index is 13.6. The highest BCUT2D eigenvalue weighted by molar-refractivity contribution is 6.05. The molecule has 0 unspecified atom stereocenters. The predicted molar refractivity (Wildman–Crippen MR) is 111 cm³/mol. The summed E-state index contributed by atoms with van der Waals surface area (Å²) in [5.41, 5.74) is 3.86. The zero-order valence-electron chi connectivity index (χ0n) is 16.3. The number of carbonyl (C=O) groups excluding carboxylic acids is 2. The van der Waals surface area contributed by atoms with Crippen LogP contribution in [0.4, 0.5) is 10.1 Å². The molecule has 0 fully saturated rings. The van der Waals surface area contributed by atoms with E-state index in [1.54, 1.807) is 18.2 Å². The van der Waals surface area contributed by atoms with Crippen molar-refractivity contribution in [2.24, 2.45) is 0 Å². The second kappa shape index (κ2) is 9.10. The number of nitrogens with zero attached hydrogens (tertiary/aromatic N) is 1. The highest BCUT2D eigenvalue weighted by Crippen LogP contribution is 2.15. The van der Waals surface area contributed by atoms with Crippen LogP contribution in [-0.2, 0) is 6.42 Å². The summed E-state index contributed by atoms with van der Waals surface area (Å²) in [6, 6.07) is 13.7. The monoisotopic (exact) mass is 391 g/mol. The van der Waals surface area contributed by atoms with E-state index >= 15 is 0 Å². The van der Waals surface area contributed by atoms with Crippen molar-refractivity contribution in [1.29, 1.82) is 0 Å². The van der Waals surface area contributed by atoms with E-state index in [1.807, 2.05) is 32.0 Å². The summed E-state index contributed by atoms with van der Waals surface area (Å²) in [7, 11) is 0. The number of amides is 2. The van der Waals surface area contributed by atoms with Crippen LogP contribution < -0.4 is 10.6 Å². The molecule has 0 spiro atoms. The third-order valence-electron chi connectivity index (χ3n) is 4.38. The Labute approximate surface area is 169 Å². The van der Waals surface area contributed by atoms with Crippen LogP contribution in [0, 0.1) is 19.7 Å². The smallest absolute Gasteiger partial charge is 0.257 e. The first-order chi connectivity index (χ1) is 13.9. The fourth-order valence-electron chi connectivity index (χ4n) is 3.05. The minimum atomic E-state index is -0.366. The number of nitrogens with one attached hydrogen (secondary N) is 2. The van der Waals surface area contributed by atoms with E-state index in [0.29, 0.717) is 17.7 Å². The maximum Gasteiger partial charge on any atom is 0.257 e. The van der Waals surface area contributed by atoms with Crippen LogP contribution in [0.2, 0.25) is 0 Å². The molecule has 2 aromatic carbocycles. The number of benzene rings is 2. The van der Waals surface area contributed by atoms with Crippen LogP contribution in [0.3, 0.4) is 0 Å². The lowest BCUT2D eigenvalue weighted by molar-refractivity contribution is 0.0953. The third kappa shape index (κ3) is 5.48. The number of halogens is 1. The fourth-order valence-corrected chi connectivity index (χ4v) is 3.05. The molecule has 0 saturated carbocycles. The third-order valence-corrected chi connectivity index (χ3v) is 4.38. The lowest BCUT2D eigenvalue weighted by atomic mass is 10.1. The molecule has 148 valence electrons. The topological polar surface area (TPSA) is 71.1 Å². The molecule has 0 bridgehead atoms. The molecule has 2 N–H and O–H groups in total. The molecule has 29 heavy (non-hydrogen) atoms. The fraction of sp³-hybridized carbons (Fsp3) is 0.174. The van der Waals surface area contributed by atoms with Gasteiger partial charge >= 0.3 is 0 Å². The van der Waals surface area contributed by atoms with Crippen molar-refractivity contribution in [3.63, 3.8) is 0 Å². The van der Waals surface area contributed by atoms with Crippen LogP contribution >= 0.6 is 0 Å². The lowest BCUT2D eigenvalue weighted by Gasteiger charge is -2.09. The first-order valence-corrected chi connectivity index (χ1v) is 9.28. The minimum Gasteiger partial charge on any atom is -0.352 e. The van der Waals surface area contributed by atoms with Gasteiger partial charge < -0.3 is 10.6 Å². The van der Waals surface area contributed by atoms with Crippen molar-refractivity contribution in [3.8, 4) is 0 Å². The molecule has 0 aliphatic carbocycles. The summed E-state index contributed by atoms with van der Waals surface area (Å²) in [5.74, 6) is -1.01. The molecule has 0 atom stereocenters. The number of carbonyl (C=O) groups is 2. The van der Waals surface area contributed by atoms with E-state index in [0.717, 1.165) is 11.1 Å². The number of pyridine rings is 1. The number of rotatable bonds is 6. The van der Waals surface area contributed by atoms with Gasteiger partial charge in [0.1, 0.15) is 5.82 Å². The van der Waals surface area contributed by atoms with Crippen molar-refractivity contribution in [1.82, 2.24) is 10.3 Å². The molecule has 0 aliphatic rings. The molecule has 5 nitrogen and oxygen atoms in total. The molecule has 3 rings (SSSR count). The van der Waals surface area contributed by atoms with Gasteiger partial charge in [-0.05, 0) is 61.2 Å². The number of aryl methyl sites for hydroxylation is 2. The first kappa shape index (κ1) is 20.2. The van der Waals surface area contributed by atoms with Gasteiger partial charge in [0.15, 0.2) is 0 Å². The van der Waals surface area contributed by atoms with Crippen LogP contribution in [-0.4, -0.2) is 23.3 Å². The molecular weight excluding hydrogens is 369 g/mol. The Kier molecular flexibility index (Phi) is 6.34. The molecule has 0 saturated heterocycles. The molecule has 6 heteroatoms. The van der Waals surface area contributed by atoms with Crippen LogP contribution in [0.1, 0.15) is 37.4 Å². The summed E-state index contributed by atoms with van der Waals surface area (Å²) < 4.78 is 13.6. The molecule has 1 aromatic heterocycles. The van der Waals surface area contributed by atoms with E-state index < -0.39 is 0 Å². The summed E-state index contributed by atoms with van der Waals surface area (Å²) in [6.07, 6.45) is 3.18. The van der Waals surface area contributed by atoms with Gasteiger partial charge in [0.05, 0.1) is 11.1 Å². The minimum absolute atomic E-state index is 0.270. The molecule has 0 radical (unpaired) electrons. The Morgan fingerprint density at radius 3 is 2.28 bits per heavy atom. The van der Waals surface area contributed by atoms with Crippen molar-refractivity contribution in [3.05, 3.63) is 94.6 Å². The standard InChI is InChI=1S/C23H22FN3O2/c1-15-9-16(2)11-20(10-15)27-23(29)19-12-18(13-25-14-19)22(28)26-8-7-17-5-3-4-6-21(17)24/h3-6,9-14H,7-8H2,1-2H3,(H,26,28)(H,27,29). The molecule has 0 aliphatic heterocycles. The summed E-state index contributed by atoms with van der Waals surface area (Å²) in [6.45, 7) is 4.19. The van der Waals surface area contributed by atoms with Gasteiger partial charge in [0, 0.05) is 24.6 Å². The number of hydrogen-bond donors (Lipinski definition) is 2. The van der Waals surface area contributed by atoms with Gasteiger partial charge in [-0.2, -0.15) is 0 Å². The second-order valence-electron chi connectivity index (χ2n) is 6.89. The van der Waals surface area contributed by atoms with E-state index in [-0.39, 0.29) is 35.3 Å².